The second-order valence-electron chi connectivity index (χ2n) is 3.46. The molecule has 0 aliphatic rings. The molecule has 0 saturated carbocycles. The van der Waals surface area contributed by atoms with Crippen molar-refractivity contribution in [3.8, 4) is 5.75 Å². The van der Waals surface area contributed by atoms with Gasteiger partial charge in [0.2, 0.25) is 0 Å². The summed E-state index contributed by atoms with van der Waals surface area (Å²) in [7, 11) is 1.09. The number of aliphatic hydroxyl groups excluding tert-OH is 1. The fourth-order valence-corrected chi connectivity index (χ4v) is 1.71. The van der Waals surface area contributed by atoms with E-state index in [1.807, 2.05) is 0 Å². The molecule has 5 nitrogen and oxygen atoms in total. The van der Waals surface area contributed by atoms with Crippen molar-refractivity contribution in [3.63, 3.8) is 0 Å². The first-order valence-electron chi connectivity index (χ1n) is 5.45. The molecule has 1 rings (SSSR count). The van der Waals surface area contributed by atoms with Crippen molar-refractivity contribution >= 4 is 33.4 Å². The maximum atomic E-state index is 11.3. The van der Waals surface area contributed by atoms with Crippen LogP contribution in [0.5, 0.6) is 5.75 Å². The standard InChI is InChI=1S/C13H13BrO5/c1-3-19-12-5-4-8(14)6-9(12)10(15)7-11(16)13(17)18-2/h4-7,15H,3H2,1-2H3. The second-order valence-corrected chi connectivity index (χ2v) is 4.37. The molecular formula is C13H13BrO5. The molecule has 0 aromatic heterocycles. The second kappa shape index (κ2) is 6.94. The van der Waals surface area contributed by atoms with Gasteiger partial charge in [0, 0.05) is 10.5 Å². The molecule has 0 bridgehead atoms. The third-order valence-electron chi connectivity index (χ3n) is 2.17. The molecule has 0 unspecified atom stereocenters. The average Bonchev–Trinajstić information content (AvgIpc) is 2.39. The fraction of sp³-hybridized carbons (Fsp3) is 0.231. The molecule has 0 atom stereocenters. The molecule has 0 amide bonds. The van der Waals surface area contributed by atoms with E-state index in [0.29, 0.717) is 22.4 Å². The molecule has 0 saturated heterocycles. The van der Waals surface area contributed by atoms with Crippen LogP contribution in [0.3, 0.4) is 0 Å². The number of rotatable bonds is 5. The van der Waals surface area contributed by atoms with E-state index in [1.165, 1.54) is 0 Å². The Bertz CT molecular complexity index is 522. The van der Waals surface area contributed by atoms with Gasteiger partial charge in [-0.15, -0.1) is 0 Å². The van der Waals surface area contributed by atoms with E-state index in [4.69, 9.17) is 4.74 Å². The van der Waals surface area contributed by atoms with Gasteiger partial charge in [-0.3, -0.25) is 4.79 Å². The van der Waals surface area contributed by atoms with Crippen LogP contribution in [0.2, 0.25) is 0 Å². The lowest BCUT2D eigenvalue weighted by Crippen LogP contribution is -2.13. The fourth-order valence-electron chi connectivity index (χ4n) is 1.35. The molecule has 1 N–H and O–H groups in total. The Hall–Kier alpha value is -1.82. The average molecular weight is 329 g/mol. The Kier molecular flexibility index (Phi) is 5.57. The zero-order valence-electron chi connectivity index (χ0n) is 10.5. The van der Waals surface area contributed by atoms with E-state index in [9.17, 15) is 14.7 Å². The Balaban J connectivity index is 3.13. The van der Waals surface area contributed by atoms with Crippen LogP contribution in [0.1, 0.15) is 12.5 Å². The number of benzene rings is 1. The van der Waals surface area contributed by atoms with Crippen LogP contribution >= 0.6 is 15.9 Å². The Morgan fingerprint density at radius 1 is 1.42 bits per heavy atom. The van der Waals surface area contributed by atoms with Crippen molar-refractivity contribution in [2.75, 3.05) is 13.7 Å². The smallest absolute Gasteiger partial charge is 0.378 e. The van der Waals surface area contributed by atoms with E-state index in [-0.39, 0.29) is 5.76 Å². The molecule has 1 aromatic rings. The van der Waals surface area contributed by atoms with Crippen LogP contribution in [-0.2, 0) is 14.3 Å². The number of ether oxygens (including phenoxy) is 2. The molecule has 102 valence electrons. The van der Waals surface area contributed by atoms with E-state index < -0.39 is 11.8 Å². The summed E-state index contributed by atoms with van der Waals surface area (Å²) >= 11 is 3.25. The SMILES string of the molecule is CCOc1ccc(Br)cc1C(O)=CC(=O)C(=O)OC. The number of ketones is 1. The van der Waals surface area contributed by atoms with Gasteiger partial charge < -0.3 is 14.6 Å². The van der Waals surface area contributed by atoms with E-state index >= 15 is 0 Å². The third kappa shape index (κ3) is 4.10. The quantitative estimate of drug-likeness (QED) is 0.389. The summed E-state index contributed by atoms with van der Waals surface area (Å²) in [5.41, 5.74) is 0.313. The van der Waals surface area contributed by atoms with Gasteiger partial charge in [-0.25, -0.2) is 4.79 Å². The first-order chi connectivity index (χ1) is 8.99. The van der Waals surface area contributed by atoms with Gasteiger partial charge in [0.1, 0.15) is 11.5 Å². The van der Waals surface area contributed by atoms with Gasteiger partial charge in [-0.05, 0) is 25.1 Å². The van der Waals surface area contributed by atoms with Gasteiger partial charge in [0.25, 0.3) is 5.78 Å². The highest BCUT2D eigenvalue weighted by atomic mass is 79.9. The number of aliphatic hydroxyl groups is 1. The molecule has 19 heavy (non-hydrogen) atoms. The topological polar surface area (TPSA) is 72.8 Å². The van der Waals surface area contributed by atoms with Crippen LogP contribution in [0.25, 0.3) is 5.76 Å². The van der Waals surface area contributed by atoms with Crippen molar-refractivity contribution in [2.45, 2.75) is 6.92 Å². The highest BCUT2D eigenvalue weighted by Gasteiger charge is 2.15. The molecule has 6 heteroatoms. The van der Waals surface area contributed by atoms with E-state index in [2.05, 4.69) is 20.7 Å². The van der Waals surface area contributed by atoms with Crippen LogP contribution < -0.4 is 4.74 Å². The lowest BCUT2D eigenvalue weighted by Gasteiger charge is -2.09. The first-order valence-corrected chi connectivity index (χ1v) is 6.24. The number of carbonyl (C=O) groups excluding carboxylic acids is 2. The van der Waals surface area contributed by atoms with Crippen molar-refractivity contribution in [3.05, 3.63) is 34.3 Å². The van der Waals surface area contributed by atoms with Gasteiger partial charge in [-0.1, -0.05) is 15.9 Å². The normalized spacial score (nSPS) is 11.0. The zero-order chi connectivity index (χ0) is 14.4. The Labute approximate surface area is 119 Å². The Morgan fingerprint density at radius 3 is 2.68 bits per heavy atom. The molecule has 0 heterocycles. The van der Waals surface area contributed by atoms with E-state index in [0.717, 1.165) is 13.2 Å². The lowest BCUT2D eigenvalue weighted by molar-refractivity contribution is -0.149. The molecule has 0 aliphatic carbocycles. The first kappa shape index (κ1) is 15.2. The summed E-state index contributed by atoms with van der Waals surface area (Å²) < 4.78 is 10.3. The molecule has 0 spiro atoms. The number of methoxy groups -OCH3 is 1. The summed E-state index contributed by atoms with van der Waals surface area (Å²) in [6, 6.07) is 4.97. The minimum absolute atomic E-state index is 0.313. The van der Waals surface area contributed by atoms with Crippen molar-refractivity contribution in [1.29, 1.82) is 0 Å². The number of carbonyl (C=O) groups is 2. The molecular weight excluding hydrogens is 316 g/mol. The maximum absolute atomic E-state index is 11.3. The highest BCUT2D eigenvalue weighted by Crippen LogP contribution is 2.28. The van der Waals surface area contributed by atoms with Gasteiger partial charge in [0.15, 0.2) is 0 Å². The predicted octanol–water partition coefficient (Wildman–Crippen LogP) is 2.49. The number of esters is 1. The minimum Gasteiger partial charge on any atom is -0.507 e. The highest BCUT2D eigenvalue weighted by molar-refractivity contribution is 9.10. The van der Waals surface area contributed by atoms with Gasteiger partial charge in [0.05, 0.1) is 19.3 Å². The summed E-state index contributed by atoms with van der Waals surface area (Å²) in [5, 5.41) is 9.90. The summed E-state index contributed by atoms with van der Waals surface area (Å²) in [4.78, 5) is 22.3. The van der Waals surface area contributed by atoms with Crippen molar-refractivity contribution in [1.82, 2.24) is 0 Å². The number of hydrogen-bond donors (Lipinski definition) is 1. The summed E-state index contributed by atoms with van der Waals surface area (Å²) in [5.74, 6) is -1.93. The lowest BCUT2D eigenvalue weighted by atomic mass is 10.1. The zero-order valence-corrected chi connectivity index (χ0v) is 12.1. The monoisotopic (exact) mass is 328 g/mol. The van der Waals surface area contributed by atoms with Crippen LogP contribution in [0.15, 0.2) is 28.7 Å². The maximum Gasteiger partial charge on any atom is 0.378 e. The number of hydrogen-bond acceptors (Lipinski definition) is 5. The van der Waals surface area contributed by atoms with Crippen LogP contribution in [0, 0.1) is 0 Å². The molecule has 0 fully saturated rings. The van der Waals surface area contributed by atoms with Gasteiger partial charge in [-0.2, -0.15) is 0 Å². The van der Waals surface area contributed by atoms with Crippen LogP contribution in [-0.4, -0.2) is 30.6 Å². The largest absolute Gasteiger partial charge is 0.507 e. The minimum atomic E-state index is -1.04. The van der Waals surface area contributed by atoms with Gasteiger partial charge >= 0.3 is 5.97 Å². The third-order valence-corrected chi connectivity index (χ3v) is 2.67. The van der Waals surface area contributed by atoms with E-state index in [1.54, 1.807) is 25.1 Å². The van der Waals surface area contributed by atoms with Crippen molar-refractivity contribution < 1.29 is 24.2 Å². The van der Waals surface area contributed by atoms with Crippen LogP contribution in [0.4, 0.5) is 0 Å². The molecule has 0 aliphatic heterocycles. The van der Waals surface area contributed by atoms with Crippen molar-refractivity contribution in [2.24, 2.45) is 0 Å². The summed E-state index contributed by atoms with van der Waals surface area (Å²) in [6.45, 7) is 2.21. The molecule has 1 aromatic carbocycles. The summed E-state index contributed by atoms with van der Waals surface area (Å²) in [6.07, 6.45) is 0.802. The number of halogens is 1. The Morgan fingerprint density at radius 2 is 2.11 bits per heavy atom. The molecule has 0 radical (unpaired) electrons. The predicted molar refractivity (Wildman–Crippen MR) is 72.9 cm³/mol.